The first-order valence-electron chi connectivity index (χ1n) is 11.8. The summed E-state index contributed by atoms with van der Waals surface area (Å²) in [6, 6.07) is 23.6. The fourth-order valence-corrected chi connectivity index (χ4v) is 3.96. The van der Waals surface area contributed by atoms with Crippen molar-refractivity contribution in [3.8, 4) is 11.5 Å². The Hall–Kier alpha value is -3.80. The van der Waals surface area contributed by atoms with Gasteiger partial charge in [0, 0.05) is 18.5 Å². The Bertz CT molecular complexity index is 1230. The minimum atomic E-state index is -0.102. The number of amides is 1. The molecule has 0 atom stereocenters. The summed E-state index contributed by atoms with van der Waals surface area (Å²) in [4.78, 5) is 17.3. The summed E-state index contributed by atoms with van der Waals surface area (Å²) in [5.41, 5.74) is 3.97. The van der Waals surface area contributed by atoms with Gasteiger partial charge in [0.2, 0.25) is 0 Å². The number of nitrogens with zero attached hydrogens (tertiary/aromatic N) is 2. The SMILES string of the molecule is CCc1ccc(OCCn2c(CCCNC(=O)c3cccc(OC)c3)nc3ccccc32)cc1. The molecule has 0 fully saturated rings. The zero-order valence-corrected chi connectivity index (χ0v) is 19.8. The van der Waals surface area contributed by atoms with Gasteiger partial charge in [0.25, 0.3) is 5.91 Å². The van der Waals surface area contributed by atoms with Crippen LogP contribution in [0, 0.1) is 0 Å². The Morgan fingerprint density at radius 2 is 1.82 bits per heavy atom. The maximum absolute atomic E-state index is 12.4. The number of imidazole rings is 1. The molecule has 176 valence electrons. The number of benzene rings is 3. The predicted octanol–water partition coefficient (Wildman–Crippen LogP) is 5.05. The second kappa shape index (κ2) is 11.4. The zero-order valence-electron chi connectivity index (χ0n) is 19.8. The standard InChI is InChI=1S/C28H31N3O3/c1-3-21-13-15-23(16-14-21)34-19-18-31-26-11-5-4-10-25(26)30-27(31)12-7-17-29-28(32)22-8-6-9-24(20-22)33-2/h4-6,8-11,13-16,20H,3,7,12,17-19H2,1-2H3,(H,29,32). The molecule has 1 amide bonds. The Kier molecular flexibility index (Phi) is 7.81. The highest BCUT2D eigenvalue weighted by molar-refractivity contribution is 5.94. The Balaban J connectivity index is 1.35. The molecule has 1 N–H and O–H groups in total. The fourth-order valence-electron chi connectivity index (χ4n) is 3.96. The minimum absolute atomic E-state index is 0.102. The van der Waals surface area contributed by atoms with Gasteiger partial charge in [0.1, 0.15) is 23.9 Å². The maximum Gasteiger partial charge on any atom is 0.251 e. The molecule has 0 aliphatic rings. The van der Waals surface area contributed by atoms with Gasteiger partial charge in [-0.2, -0.15) is 0 Å². The van der Waals surface area contributed by atoms with Crippen molar-refractivity contribution in [3.05, 3.63) is 89.7 Å². The largest absolute Gasteiger partial charge is 0.497 e. The highest BCUT2D eigenvalue weighted by Crippen LogP contribution is 2.18. The third-order valence-corrected chi connectivity index (χ3v) is 5.84. The summed E-state index contributed by atoms with van der Waals surface area (Å²) in [5.74, 6) is 2.45. The molecule has 0 saturated carbocycles. The Morgan fingerprint density at radius 3 is 2.62 bits per heavy atom. The predicted molar refractivity (Wildman–Crippen MR) is 135 cm³/mol. The summed E-state index contributed by atoms with van der Waals surface area (Å²) >= 11 is 0. The summed E-state index contributed by atoms with van der Waals surface area (Å²) < 4.78 is 13.4. The quantitative estimate of drug-likeness (QED) is 0.320. The lowest BCUT2D eigenvalue weighted by atomic mass is 10.2. The monoisotopic (exact) mass is 457 g/mol. The van der Waals surface area contributed by atoms with E-state index in [1.165, 1.54) is 5.56 Å². The smallest absolute Gasteiger partial charge is 0.251 e. The van der Waals surface area contributed by atoms with Gasteiger partial charge in [0.15, 0.2) is 0 Å². The van der Waals surface area contributed by atoms with E-state index in [1.807, 2.05) is 42.5 Å². The van der Waals surface area contributed by atoms with E-state index in [2.05, 4.69) is 35.0 Å². The van der Waals surface area contributed by atoms with Crippen LogP contribution in [0.15, 0.2) is 72.8 Å². The zero-order chi connectivity index (χ0) is 23.8. The number of para-hydroxylation sites is 2. The van der Waals surface area contributed by atoms with E-state index in [0.717, 1.165) is 41.9 Å². The van der Waals surface area contributed by atoms with Gasteiger partial charge in [-0.05, 0) is 60.9 Å². The van der Waals surface area contributed by atoms with Crippen molar-refractivity contribution < 1.29 is 14.3 Å². The molecule has 0 bridgehead atoms. The number of fused-ring (bicyclic) bond motifs is 1. The van der Waals surface area contributed by atoms with Crippen LogP contribution in [0.2, 0.25) is 0 Å². The van der Waals surface area contributed by atoms with Crippen molar-refractivity contribution in [2.45, 2.75) is 32.7 Å². The van der Waals surface area contributed by atoms with Crippen LogP contribution in [0.4, 0.5) is 0 Å². The van der Waals surface area contributed by atoms with E-state index in [1.54, 1.807) is 19.2 Å². The number of rotatable bonds is 11. The number of carbonyl (C=O) groups excluding carboxylic acids is 1. The van der Waals surface area contributed by atoms with E-state index in [-0.39, 0.29) is 5.91 Å². The third kappa shape index (κ3) is 5.76. The number of hydrogen-bond donors (Lipinski definition) is 1. The molecule has 6 nitrogen and oxygen atoms in total. The van der Waals surface area contributed by atoms with Crippen LogP contribution in [0.25, 0.3) is 11.0 Å². The van der Waals surface area contributed by atoms with Crippen LogP contribution in [-0.2, 0) is 19.4 Å². The number of methoxy groups -OCH3 is 1. The average Bonchev–Trinajstić information content (AvgIpc) is 3.24. The van der Waals surface area contributed by atoms with Gasteiger partial charge in [-0.15, -0.1) is 0 Å². The molecule has 1 heterocycles. The number of ether oxygens (including phenoxy) is 2. The molecule has 0 radical (unpaired) electrons. The van der Waals surface area contributed by atoms with Gasteiger partial charge in [-0.25, -0.2) is 4.98 Å². The van der Waals surface area contributed by atoms with Gasteiger partial charge < -0.3 is 19.4 Å². The molecular weight excluding hydrogens is 426 g/mol. The molecule has 1 aromatic heterocycles. The molecule has 0 unspecified atom stereocenters. The lowest BCUT2D eigenvalue weighted by Gasteiger charge is -2.12. The molecule has 6 heteroatoms. The van der Waals surface area contributed by atoms with E-state index >= 15 is 0 Å². The highest BCUT2D eigenvalue weighted by Gasteiger charge is 2.11. The van der Waals surface area contributed by atoms with Crippen LogP contribution < -0.4 is 14.8 Å². The van der Waals surface area contributed by atoms with E-state index in [9.17, 15) is 4.79 Å². The lowest BCUT2D eigenvalue weighted by molar-refractivity contribution is 0.0953. The summed E-state index contributed by atoms with van der Waals surface area (Å²) in [5, 5.41) is 2.99. The molecule has 0 aliphatic carbocycles. The van der Waals surface area contributed by atoms with Crippen molar-refractivity contribution in [2.75, 3.05) is 20.3 Å². The second-order valence-electron chi connectivity index (χ2n) is 8.11. The topological polar surface area (TPSA) is 65.4 Å². The summed E-state index contributed by atoms with van der Waals surface area (Å²) in [6.45, 7) is 3.98. The van der Waals surface area contributed by atoms with Crippen LogP contribution >= 0.6 is 0 Å². The minimum Gasteiger partial charge on any atom is -0.497 e. The molecule has 0 spiro atoms. The fraction of sp³-hybridized carbons (Fsp3) is 0.286. The van der Waals surface area contributed by atoms with Crippen molar-refractivity contribution >= 4 is 16.9 Å². The normalized spacial score (nSPS) is 10.9. The first kappa shape index (κ1) is 23.4. The highest BCUT2D eigenvalue weighted by atomic mass is 16.5. The Labute approximate surface area is 200 Å². The van der Waals surface area contributed by atoms with Crippen molar-refractivity contribution in [3.63, 3.8) is 0 Å². The number of aromatic nitrogens is 2. The number of carbonyl (C=O) groups is 1. The molecule has 34 heavy (non-hydrogen) atoms. The van der Waals surface area contributed by atoms with Crippen molar-refractivity contribution in [2.24, 2.45) is 0 Å². The summed E-state index contributed by atoms with van der Waals surface area (Å²) in [6.07, 6.45) is 2.57. The maximum atomic E-state index is 12.4. The van der Waals surface area contributed by atoms with E-state index in [4.69, 9.17) is 14.5 Å². The first-order valence-corrected chi connectivity index (χ1v) is 11.8. The van der Waals surface area contributed by atoms with E-state index < -0.39 is 0 Å². The molecular formula is C28H31N3O3. The van der Waals surface area contributed by atoms with Crippen molar-refractivity contribution in [1.29, 1.82) is 0 Å². The molecule has 4 aromatic rings. The molecule has 3 aromatic carbocycles. The van der Waals surface area contributed by atoms with Crippen LogP contribution in [0.1, 0.15) is 35.1 Å². The van der Waals surface area contributed by atoms with Gasteiger partial charge in [0.05, 0.1) is 24.7 Å². The van der Waals surface area contributed by atoms with Crippen LogP contribution in [0.3, 0.4) is 0 Å². The number of aryl methyl sites for hydroxylation is 2. The molecule has 4 rings (SSSR count). The molecule has 0 saturated heterocycles. The van der Waals surface area contributed by atoms with Crippen LogP contribution in [0.5, 0.6) is 11.5 Å². The van der Waals surface area contributed by atoms with Gasteiger partial charge in [-0.1, -0.05) is 37.3 Å². The van der Waals surface area contributed by atoms with Crippen molar-refractivity contribution in [1.82, 2.24) is 14.9 Å². The molecule has 0 aliphatic heterocycles. The second-order valence-corrected chi connectivity index (χ2v) is 8.11. The summed E-state index contributed by atoms with van der Waals surface area (Å²) in [7, 11) is 1.59. The van der Waals surface area contributed by atoms with Crippen LogP contribution in [-0.4, -0.2) is 35.7 Å². The number of nitrogens with one attached hydrogen (secondary N) is 1. The number of hydrogen-bond acceptors (Lipinski definition) is 4. The van der Waals surface area contributed by atoms with E-state index in [0.29, 0.717) is 31.0 Å². The first-order chi connectivity index (χ1) is 16.7. The third-order valence-electron chi connectivity index (χ3n) is 5.84. The van der Waals surface area contributed by atoms with Gasteiger partial charge in [-0.3, -0.25) is 4.79 Å². The lowest BCUT2D eigenvalue weighted by Crippen LogP contribution is -2.25. The average molecular weight is 458 g/mol. The van der Waals surface area contributed by atoms with Gasteiger partial charge >= 0.3 is 0 Å². The Morgan fingerprint density at radius 1 is 1.00 bits per heavy atom.